The first-order chi connectivity index (χ1) is 10.5. The number of halogens is 3. The van der Waals surface area contributed by atoms with Crippen molar-refractivity contribution in [2.45, 2.75) is 39.8 Å². The van der Waals surface area contributed by atoms with Gasteiger partial charge in [-0.05, 0) is 12.8 Å². The van der Waals surface area contributed by atoms with Crippen molar-refractivity contribution in [3.05, 3.63) is 52.1 Å². The summed E-state index contributed by atoms with van der Waals surface area (Å²) in [7, 11) is 1.89. The molecule has 0 radical (unpaired) electrons. The standard InChI is InChI=1S/C16H20F3N3/c1-4-15-12(16(5-2)22(3)21-15)9-20-8-11-13(18)6-10(17)7-14(11)19/h6-7,20H,4-5,8-9H2,1-3H3. The van der Waals surface area contributed by atoms with E-state index in [1.54, 1.807) is 0 Å². The number of aromatic nitrogens is 2. The minimum Gasteiger partial charge on any atom is -0.308 e. The van der Waals surface area contributed by atoms with Crippen LogP contribution in [0, 0.1) is 17.5 Å². The van der Waals surface area contributed by atoms with Gasteiger partial charge >= 0.3 is 0 Å². The van der Waals surface area contributed by atoms with E-state index in [0.717, 1.165) is 29.8 Å². The van der Waals surface area contributed by atoms with Gasteiger partial charge in [0.15, 0.2) is 0 Å². The van der Waals surface area contributed by atoms with E-state index in [-0.39, 0.29) is 12.1 Å². The molecule has 0 bridgehead atoms. The predicted octanol–water partition coefficient (Wildman–Crippen LogP) is 3.25. The van der Waals surface area contributed by atoms with E-state index in [9.17, 15) is 13.2 Å². The van der Waals surface area contributed by atoms with Gasteiger partial charge < -0.3 is 5.32 Å². The highest BCUT2D eigenvalue weighted by molar-refractivity contribution is 5.27. The number of aryl methyl sites for hydroxylation is 2. The van der Waals surface area contributed by atoms with Gasteiger partial charge in [0.1, 0.15) is 17.5 Å². The van der Waals surface area contributed by atoms with Crippen molar-refractivity contribution in [1.29, 1.82) is 0 Å². The monoisotopic (exact) mass is 311 g/mol. The summed E-state index contributed by atoms with van der Waals surface area (Å²) >= 11 is 0. The van der Waals surface area contributed by atoms with Crippen molar-refractivity contribution in [2.24, 2.45) is 7.05 Å². The summed E-state index contributed by atoms with van der Waals surface area (Å²) in [6, 6.07) is 1.39. The van der Waals surface area contributed by atoms with Crippen LogP contribution in [0.4, 0.5) is 13.2 Å². The summed E-state index contributed by atoms with van der Waals surface area (Å²) in [5.74, 6) is -2.65. The number of nitrogens with zero attached hydrogens (tertiary/aromatic N) is 2. The fraction of sp³-hybridized carbons (Fsp3) is 0.438. The summed E-state index contributed by atoms with van der Waals surface area (Å²) < 4.78 is 41.9. The van der Waals surface area contributed by atoms with Gasteiger partial charge in [-0.3, -0.25) is 4.68 Å². The maximum absolute atomic E-state index is 13.6. The van der Waals surface area contributed by atoms with E-state index in [2.05, 4.69) is 10.4 Å². The average Bonchev–Trinajstić information content (AvgIpc) is 2.76. The Kier molecular flexibility index (Phi) is 5.24. The molecule has 0 spiro atoms. The van der Waals surface area contributed by atoms with Crippen LogP contribution in [0.3, 0.4) is 0 Å². The smallest absolute Gasteiger partial charge is 0.133 e. The molecule has 1 N–H and O–H groups in total. The molecule has 2 rings (SSSR count). The second-order valence-corrected chi connectivity index (χ2v) is 5.15. The van der Waals surface area contributed by atoms with Crippen LogP contribution < -0.4 is 5.32 Å². The lowest BCUT2D eigenvalue weighted by Crippen LogP contribution is -2.17. The quantitative estimate of drug-likeness (QED) is 0.887. The normalized spacial score (nSPS) is 11.2. The molecule has 0 atom stereocenters. The Bertz CT molecular complexity index is 642. The van der Waals surface area contributed by atoms with Gasteiger partial charge in [0.05, 0.1) is 5.69 Å². The highest BCUT2D eigenvalue weighted by Crippen LogP contribution is 2.17. The van der Waals surface area contributed by atoms with Crippen LogP contribution in [0.1, 0.15) is 36.4 Å². The van der Waals surface area contributed by atoms with E-state index in [0.29, 0.717) is 18.7 Å². The van der Waals surface area contributed by atoms with Crippen molar-refractivity contribution in [1.82, 2.24) is 15.1 Å². The van der Waals surface area contributed by atoms with Crippen molar-refractivity contribution in [3.8, 4) is 0 Å². The predicted molar refractivity (Wildman–Crippen MR) is 78.8 cm³/mol. The summed E-state index contributed by atoms with van der Waals surface area (Å²) in [6.45, 7) is 4.53. The number of nitrogens with one attached hydrogen (secondary N) is 1. The fourth-order valence-electron chi connectivity index (χ4n) is 2.65. The molecule has 120 valence electrons. The lowest BCUT2D eigenvalue weighted by molar-refractivity contribution is 0.510. The van der Waals surface area contributed by atoms with E-state index >= 15 is 0 Å². The lowest BCUT2D eigenvalue weighted by Gasteiger charge is -2.09. The maximum Gasteiger partial charge on any atom is 0.133 e. The molecule has 1 heterocycles. The summed E-state index contributed by atoms with van der Waals surface area (Å²) in [6.07, 6.45) is 1.63. The highest BCUT2D eigenvalue weighted by Gasteiger charge is 2.15. The van der Waals surface area contributed by atoms with Crippen LogP contribution in [0.25, 0.3) is 0 Å². The third-order valence-electron chi connectivity index (χ3n) is 3.74. The van der Waals surface area contributed by atoms with Crippen LogP contribution in [0.5, 0.6) is 0 Å². The SMILES string of the molecule is CCc1nn(C)c(CC)c1CNCc1c(F)cc(F)cc1F. The van der Waals surface area contributed by atoms with Crippen LogP contribution in [0.15, 0.2) is 12.1 Å². The van der Waals surface area contributed by atoms with Crippen LogP contribution in [0.2, 0.25) is 0 Å². The number of hydrogen-bond acceptors (Lipinski definition) is 2. The van der Waals surface area contributed by atoms with Gasteiger partial charge in [-0.2, -0.15) is 5.10 Å². The third kappa shape index (κ3) is 3.32. The average molecular weight is 311 g/mol. The molecule has 0 saturated heterocycles. The van der Waals surface area contributed by atoms with E-state index in [1.807, 2.05) is 25.6 Å². The largest absolute Gasteiger partial charge is 0.308 e. The maximum atomic E-state index is 13.6. The zero-order valence-electron chi connectivity index (χ0n) is 13.0. The van der Waals surface area contributed by atoms with Gasteiger partial charge in [0, 0.05) is 49.1 Å². The zero-order valence-corrected chi connectivity index (χ0v) is 13.0. The Hall–Kier alpha value is -1.82. The number of hydrogen-bond donors (Lipinski definition) is 1. The number of rotatable bonds is 6. The summed E-state index contributed by atoms with van der Waals surface area (Å²) in [5.41, 5.74) is 2.99. The first kappa shape index (κ1) is 16.5. The molecule has 22 heavy (non-hydrogen) atoms. The third-order valence-corrected chi connectivity index (χ3v) is 3.74. The second kappa shape index (κ2) is 6.96. The minimum atomic E-state index is -0.910. The topological polar surface area (TPSA) is 29.9 Å². The fourth-order valence-corrected chi connectivity index (χ4v) is 2.65. The molecule has 0 fully saturated rings. The Morgan fingerprint density at radius 3 is 2.14 bits per heavy atom. The molecule has 6 heteroatoms. The van der Waals surface area contributed by atoms with Gasteiger partial charge in [0.2, 0.25) is 0 Å². The molecule has 3 nitrogen and oxygen atoms in total. The Labute approximate surface area is 128 Å². The first-order valence-corrected chi connectivity index (χ1v) is 7.35. The second-order valence-electron chi connectivity index (χ2n) is 5.15. The number of benzene rings is 1. The molecular formula is C16H20F3N3. The van der Waals surface area contributed by atoms with Crippen LogP contribution in [-0.2, 0) is 33.0 Å². The molecule has 1 aromatic carbocycles. The van der Waals surface area contributed by atoms with Gasteiger partial charge in [-0.1, -0.05) is 13.8 Å². The van der Waals surface area contributed by atoms with E-state index < -0.39 is 17.5 Å². The van der Waals surface area contributed by atoms with Crippen molar-refractivity contribution < 1.29 is 13.2 Å². The molecule has 0 aliphatic carbocycles. The van der Waals surface area contributed by atoms with Gasteiger partial charge in [-0.15, -0.1) is 0 Å². The molecule has 0 unspecified atom stereocenters. The van der Waals surface area contributed by atoms with Crippen molar-refractivity contribution in [3.63, 3.8) is 0 Å². The molecule has 0 aliphatic heterocycles. The molecule has 2 aromatic rings. The van der Waals surface area contributed by atoms with Gasteiger partial charge in [-0.25, -0.2) is 13.2 Å². The molecule has 0 saturated carbocycles. The lowest BCUT2D eigenvalue weighted by atomic mass is 10.1. The Morgan fingerprint density at radius 2 is 1.59 bits per heavy atom. The molecule has 0 amide bonds. The first-order valence-electron chi connectivity index (χ1n) is 7.35. The zero-order chi connectivity index (χ0) is 16.3. The molecule has 0 aliphatic rings. The molecular weight excluding hydrogens is 291 g/mol. The summed E-state index contributed by atoms with van der Waals surface area (Å²) in [5, 5.41) is 7.48. The van der Waals surface area contributed by atoms with E-state index in [1.165, 1.54) is 0 Å². The Morgan fingerprint density at radius 1 is 1.00 bits per heavy atom. The van der Waals surface area contributed by atoms with E-state index in [4.69, 9.17) is 0 Å². The van der Waals surface area contributed by atoms with Gasteiger partial charge in [0.25, 0.3) is 0 Å². The minimum absolute atomic E-state index is 0.000844. The van der Waals surface area contributed by atoms with Crippen LogP contribution in [-0.4, -0.2) is 9.78 Å². The summed E-state index contributed by atoms with van der Waals surface area (Å²) in [4.78, 5) is 0. The molecule has 1 aromatic heterocycles. The Balaban J connectivity index is 2.12. The highest BCUT2D eigenvalue weighted by atomic mass is 19.1. The van der Waals surface area contributed by atoms with Crippen molar-refractivity contribution >= 4 is 0 Å². The van der Waals surface area contributed by atoms with Crippen LogP contribution >= 0.6 is 0 Å². The van der Waals surface area contributed by atoms with Crippen molar-refractivity contribution in [2.75, 3.05) is 0 Å².